The van der Waals surface area contributed by atoms with E-state index in [1.54, 1.807) is 17.0 Å². The normalized spacial score (nSPS) is 23.7. The van der Waals surface area contributed by atoms with Crippen molar-refractivity contribution >= 4 is 5.91 Å². The highest BCUT2D eigenvalue weighted by molar-refractivity contribution is 5.77. The Kier molecular flexibility index (Phi) is 4.82. The first-order valence-corrected chi connectivity index (χ1v) is 8.07. The van der Waals surface area contributed by atoms with E-state index in [4.69, 9.17) is 9.47 Å². The number of aliphatic hydroxyl groups excluding tert-OH is 1. The molecule has 5 nitrogen and oxygen atoms in total. The number of aliphatic hydroxyl groups is 1. The number of amides is 1. The van der Waals surface area contributed by atoms with E-state index in [2.05, 4.69) is 0 Å². The molecule has 1 aromatic carbocycles. The van der Waals surface area contributed by atoms with Crippen LogP contribution in [0.3, 0.4) is 0 Å². The SMILES string of the molecule is O=C(COc1cccc(F)c1)N1CCC2(CC1)OCCCC2O. The molecule has 2 heterocycles. The zero-order valence-corrected chi connectivity index (χ0v) is 13.0. The van der Waals surface area contributed by atoms with Gasteiger partial charge in [-0.1, -0.05) is 6.07 Å². The highest BCUT2D eigenvalue weighted by Crippen LogP contribution is 2.35. The summed E-state index contributed by atoms with van der Waals surface area (Å²) in [5, 5.41) is 10.2. The van der Waals surface area contributed by atoms with Crippen molar-refractivity contribution in [3.63, 3.8) is 0 Å². The molecule has 1 amide bonds. The molecule has 3 rings (SSSR count). The van der Waals surface area contributed by atoms with Crippen molar-refractivity contribution < 1.29 is 23.8 Å². The van der Waals surface area contributed by atoms with Crippen molar-refractivity contribution in [2.24, 2.45) is 0 Å². The summed E-state index contributed by atoms with van der Waals surface area (Å²) >= 11 is 0. The van der Waals surface area contributed by atoms with Gasteiger partial charge in [0.25, 0.3) is 5.91 Å². The third-order valence-electron chi connectivity index (χ3n) is 4.74. The molecule has 0 aliphatic carbocycles. The third kappa shape index (κ3) is 3.64. The number of carbonyl (C=O) groups excluding carboxylic acids is 1. The van der Waals surface area contributed by atoms with Gasteiger partial charge in [-0.05, 0) is 37.8 Å². The predicted octanol–water partition coefficient (Wildman–Crippen LogP) is 1.74. The van der Waals surface area contributed by atoms with E-state index in [0.29, 0.717) is 38.3 Å². The monoisotopic (exact) mass is 323 g/mol. The number of hydrogen-bond acceptors (Lipinski definition) is 4. The molecule has 0 aromatic heterocycles. The Labute approximate surface area is 135 Å². The van der Waals surface area contributed by atoms with Crippen molar-refractivity contribution in [2.75, 3.05) is 26.3 Å². The molecule has 1 atom stereocenters. The molecule has 1 spiro atoms. The summed E-state index contributed by atoms with van der Waals surface area (Å²) in [6.45, 7) is 1.65. The maximum absolute atomic E-state index is 13.1. The molecule has 2 aliphatic heterocycles. The van der Waals surface area contributed by atoms with Gasteiger partial charge in [-0.15, -0.1) is 0 Å². The molecule has 6 heteroatoms. The fourth-order valence-corrected chi connectivity index (χ4v) is 3.32. The van der Waals surface area contributed by atoms with E-state index in [-0.39, 0.29) is 12.5 Å². The number of hydrogen-bond donors (Lipinski definition) is 1. The molecule has 1 unspecified atom stereocenters. The standard InChI is InChI=1S/C17H22FNO4/c18-13-3-1-4-14(11-13)22-12-16(21)19-8-6-17(7-9-19)15(20)5-2-10-23-17/h1,3-4,11,15,20H,2,5-10,12H2. The summed E-state index contributed by atoms with van der Waals surface area (Å²) < 4.78 is 24.2. The molecule has 2 fully saturated rings. The van der Waals surface area contributed by atoms with E-state index < -0.39 is 17.5 Å². The number of piperidine rings is 1. The second kappa shape index (κ2) is 6.84. The topological polar surface area (TPSA) is 59.0 Å². The summed E-state index contributed by atoms with van der Waals surface area (Å²) in [6, 6.07) is 5.74. The van der Waals surface area contributed by atoms with Gasteiger partial charge >= 0.3 is 0 Å². The maximum atomic E-state index is 13.1. The van der Waals surface area contributed by atoms with Crippen molar-refractivity contribution in [1.82, 2.24) is 4.90 Å². The number of ether oxygens (including phenoxy) is 2. The molecule has 1 N–H and O–H groups in total. The molecule has 0 saturated carbocycles. The number of carbonyl (C=O) groups is 1. The molecule has 2 aliphatic rings. The molecular weight excluding hydrogens is 301 g/mol. The minimum Gasteiger partial charge on any atom is -0.484 e. The largest absolute Gasteiger partial charge is 0.484 e. The molecule has 126 valence electrons. The summed E-state index contributed by atoms with van der Waals surface area (Å²) in [5.41, 5.74) is -0.488. The predicted molar refractivity (Wildman–Crippen MR) is 81.6 cm³/mol. The van der Waals surface area contributed by atoms with Crippen LogP contribution in [-0.4, -0.2) is 53.9 Å². The van der Waals surface area contributed by atoms with Gasteiger partial charge in [0.15, 0.2) is 6.61 Å². The second-order valence-electron chi connectivity index (χ2n) is 6.20. The molecule has 2 saturated heterocycles. The van der Waals surface area contributed by atoms with Gasteiger partial charge in [-0.2, -0.15) is 0 Å². The fraction of sp³-hybridized carbons (Fsp3) is 0.588. The van der Waals surface area contributed by atoms with Crippen LogP contribution >= 0.6 is 0 Å². The van der Waals surface area contributed by atoms with Crippen molar-refractivity contribution in [3.05, 3.63) is 30.1 Å². The number of rotatable bonds is 3. The average Bonchev–Trinajstić information content (AvgIpc) is 2.56. The lowest BCUT2D eigenvalue weighted by molar-refractivity contribution is -0.180. The quantitative estimate of drug-likeness (QED) is 0.920. The molecular formula is C17H22FNO4. The second-order valence-corrected chi connectivity index (χ2v) is 6.20. The first-order valence-electron chi connectivity index (χ1n) is 8.07. The maximum Gasteiger partial charge on any atom is 0.260 e. The summed E-state index contributed by atoms with van der Waals surface area (Å²) in [6.07, 6.45) is 2.47. The zero-order chi connectivity index (χ0) is 16.3. The van der Waals surface area contributed by atoms with Crippen LogP contribution in [0.1, 0.15) is 25.7 Å². The molecule has 0 bridgehead atoms. The summed E-state index contributed by atoms with van der Waals surface area (Å²) in [5.74, 6) is -0.175. The van der Waals surface area contributed by atoms with E-state index in [1.807, 2.05) is 0 Å². The van der Waals surface area contributed by atoms with Crippen LogP contribution in [0.15, 0.2) is 24.3 Å². The van der Waals surface area contributed by atoms with Gasteiger partial charge in [0, 0.05) is 25.8 Å². The van der Waals surface area contributed by atoms with Gasteiger partial charge in [-0.3, -0.25) is 4.79 Å². The molecule has 1 aromatic rings. The van der Waals surface area contributed by atoms with E-state index in [1.165, 1.54) is 12.1 Å². The van der Waals surface area contributed by atoms with Crippen molar-refractivity contribution in [3.8, 4) is 5.75 Å². The van der Waals surface area contributed by atoms with Gasteiger partial charge in [0.2, 0.25) is 0 Å². The zero-order valence-electron chi connectivity index (χ0n) is 13.0. The van der Waals surface area contributed by atoms with E-state index >= 15 is 0 Å². The smallest absolute Gasteiger partial charge is 0.260 e. The fourth-order valence-electron chi connectivity index (χ4n) is 3.32. The first-order chi connectivity index (χ1) is 11.1. The van der Waals surface area contributed by atoms with Crippen LogP contribution in [0.25, 0.3) is 0 Å². The van der Waals surface area contributed by atoms with Crippen LogP contribution < -0.4 is 4.74 Å². The minimum absolute atomic E-state index is 0.111. The van der Waals surface area contributed by atoms with Crippen molar-refractivity contribution in [1.29, 1.82) is 0 Å². The minimum atomic E-state index is -0.488. The van der Waals surface area contributed by atoms with Crippen LogP contribution in [0.4, 0.5) is 4.39 Å². The Hall–Kier alpha value is -1.66. The third-order valence-corrected chi connectivity index (χ3v) is 4.74. The van der Waals surface area contributed by atoms with Crippen LogP contribution in [-0.2, 0) is 9.53 Å². The van der Waals surface area contributed by atoms with Gasteiger partial charge < -0.3 is 19.5 Å². The Morgan fingerprint density at radius 1 is 1.43 bits per heavy atom. The Balaban J connectivity index is 1.50. The van der Waals surface area contributed by atoms with Crippen molar-refractivity contribution in [2.45, 2.75) is 37.4 Å². The number of nitrogens with zero attached hydrogens (tertiary/aromatic N) is 1. The van der Waals surface area contributed by atoms with Gasteiger partial charge in [0.1, 0.15) is 11.6 Å². The van der Waals surface area contributed by atoms with E-state index in [9.17, 15) is 14.3 Å². The van der Waals surface area contributed by atoms with Crippen LogP contribution in [0, 0.1) is 5.82 Å². The summed E-state index contributed by atoms with van der Waals surface area (Å²) in [4.78, 5) is 13.9. The number of halogens is 1. The molecule has 23 heavy (non-hydrogen) atoms. The number of benzene rings is 1. The number of likely N-dealkylation sites (tertiary alicyclic amines) is 1. The Bertz CT molecular complexity index is 557. The van der Waals surface area contributed by atoms with Crippen LogP contribution in [0.5, 0.6) is 5.75 Å². The lowest BCUT2D eigenvalue weighted by atomic mass is 9.82. The lowest BCUT2D eigenvalue weighted by Crippen LogP contribution is -2.56. The highest BCUT2D eigenvalue weighted by Gasteiger charge is 2.44. The highest BCUT2D eigenvalue weighted by atomic mass is 19.1. The molecule has 0 radical (unpaired) electrons. The lowest BCUT2D eigenvalue weighted by Gasteiger charge is -2.46. The van der Waals surface area contributed by atoms with Gasteiger partial charge in [-0.25, -0.2) is 4.39 Å². The summed E-state index contributed by atoms with van der Waals surface area (Å²) in [7, 11) is 0. The first kappa shape index (κ1) is 16.2. The van der Waals surface area contributed by atoms with E-state index in [0.717, 1.165) is 12.8 Å². The van der Waals surface area contributed by atoms with Crippen LogP contribution in [0.2, 0.25) is 0 Å². The average molecular weight is 323 g/mol. The Morgan fingerprint density at radius 2 is 2.22 bits per heavy atom. The van der Waals surface area contributed by atoms with Gasteiger partial charge in [0.05, 0.1) is 11.7 Å². The Morgan fingerprint density at radius 3 is 2.91 bits per heavy atom.